The summed E-state index contributed by atoms with van der Waals surface area (Å²) in [7, 11) is 0. The second-order valence-electron chi connectivity index (χ2n) is 4.54. The predicted octanol–water partition coefficient (Wildman–Crippen LogP) is 1.71. The summed E-state index contributed by atoms with van der Waals surface area (Å²) in [6.07, 6.45) is -4.50. The predicted molar refractivity (Wildman–Crippen MR) is 64.0 cm³/mol. The fraction of sp³-hybridized carbons (Fsp3) is 0.462. The quantitative estimate of drug-likeness (QED) is 0.918. The Morgan fingerprint density at radius 1 is 1.30 bits per heavy atom. The monoisotopic (exact) mass is 289 g/mol. The van der Waals surface area contributed by atoms with Crippen molar-refractivity contribution in [1.29, 1.82) is 0 Å². The lowest BCUT2D eigenvalue weighted by Gasteiger charge is -2.23. The number of amides is 1. The summed E-state index contributed by atoms with van der Waals surface area (Å²) < 4.78 is 42.5. The lowest BCUT2D eigenvalue weighted by molar-refractivity contribution is -0.141. The highest BCUT2D eigenvalue weighted by Gasteiger charge is 2.33. The standard InChI is InChI=1S/C13H14F3NO3/c14-13(15,16)8-17(3-4-18)12(19)9-1-2-10-6-20-7-11(10)5-9/h1-2,5,18H,3-4,6-8H2. The maximum absolute atomic E-state index is 12.4. The molecule has 1 amide bonds. The van der Waals surface area contributed by atoms with Crippen molar-refractivity contribution in [3.8, 4) is 0 Å². The molecule has 0 bridgehead atoms. The zero-order valence-electron chi connectivity index (χ0n) is 10.6. The average molecular weight is 289 g/mol. The number of halogens is 3. The maximum atomic E-state index is 12.4. The van der Waals surface area contributed by atoms with E-state index in [1.165, 1.54) is 6.07 Å². The topological polar surface area (TPSA) is 49.8 Å². The van der Waals surface area contributed by atoms with Gasteiger partial charge in [-0.05, 0) is 23.3 Å². The van der Waals surface area contributed by atoms with Gasteiger partial charge in [-0.2, -0.15) is 13.2 Å². The molecule has 0 unspecified atom stereocenters. The number of fused-ring (bicyclic) bond motifs is 1. The van der Waals surface area contributed by atoms with Crippen LogP contribution in [-0.2, 0) is 18.0 Å². The third-order valence-electron chi connectivity index (χ3n) is 3.00. The number of rotatable bonds is 4. The summed E-state index contributed by atoms with van der Waals surface area (Å²) in [4.78, 5) is 12.7. The highest BCUT2D eigenvalue weighted by atomic mass is 19.4. The van der Waals surface area contributed by atoms with Crippen molar-refractivity contribution in [3.05, 3.63) is 34.9 Å². The van der Waals surface area contributed by atoms with E-state index in [1.807, 2.05) is 0 Å². The van der Waals surface area contributed by atoms with Gasteiger partial charge >= 0.3 is 6.18 Å². The molecule has 0 saturated heterocycles. The van der Waals surface area contributed by atoms with Gasteiger partial charge in [0.05, 0.1) is 19.8 Å². The van der Waals surface area contributed by atoms with Crippen molar-refractivity contribution in [2.24, 2.45) is 0 Å². The van der Waals surface area contributed by atoms with Crippen LogP contribution in [0.25, 0.3) is 0 Å². The molecule has 1 N–H and O–H groups in total. The number of carbonyl (C=O) groups excluding carboxylic acids is 1. The Kier molecular flexibility index (Phi) is 4.29. The molecule has 2 rings (SSSR count). The largest absolute Gasteiger partial charge is 0.406 e. The van der Waals surface area contributed by atoms with Crippen molar-refractivity contribution in [1.82, 2.24) is 4.90 Å². The van der Waals surface area contributed by atoms with Gasteiger partial charge in [0.2, 0.25) is 0 Å². The normalized spacial score (nSPS) is 14.2. The fourth-order valence-corrected chi connectivity index (χ4v) is 2.08. The van der Waals surface area contributed by atoms with Gasteiger partial charge in [-0.1, -0.05) is 6.07 Å². The van der Waals surface area contributed by atoms with Gasteiger partial charge in [-0.15, -0.1) is 0 Å². The molecule has 0 aliphatic carbocycles. The lowest BCUT2D eigenvalue weighted by Crippen LogP contribution is -2.40. The van der Waals surface area contributed by atoms with E-state index in [4.69, 9.17) is 9.84 Å². The number of aliphatic hydroxyl groups excluding tert-OH is 1. The van der Waals surface area contributed by atoms with Crippen LogP contribution >= 0.6 is 0 Å². The zero-order chi connectivity index (χ0) is 14.8. The molecule has 110 valence electrons. The number of nitrogens with zero attached hydrogens (tertiary/aromatic N) is 1. The molecule has 0 radical (unpaired) electrons. The Hall–Kier alpha value is -1.60. The van der Waals surface area contributed by atoms with Gasteiger partial charge in [0.1, 0.15) is 6.54 Å². The summed E-state index contributed by atoms with van der Waals surface area (Å²) in [6, 6.07) is 4.71. The van der Waals surface area contributed by atoms with Crippen LogP contribution in [0.1, 0.15) is 21.5 Å². The molecule has 0 aromatic heterocycles. The molecular formula is C13H14F3NO3. The van der Waals surface area contributed by atoms with Crippen LogP contribution in [0.4, 0.5) is 13.2 Å². The van der Waals surface area contributed by atoms with Crippen LogP contribution in [0.15, 0.2) is 18.2 Å². The SMILES string of the molecule is O=C(c1ccc2c(c1)COC2)N(CCO)CC(F)(F)F. The number of aliphatic hydroxyl groups is 1. The first-order valence-electron chi connectivity index (χ1n) is 6.07. The van der Waals surface area contributed by atoms with E-state index in [9.17, 15) is 18.0 Å². The molecule has 7 heteroatoms. The molecule has 20 heavy (non-hydrogen) atoms. The van der Waals surface area contributed by atoms with Gasteiger partial charge in [-0.25, -0.2) is 0 Å². The Bertz CT molecular complexity index is 502. The Morgan fingerprint density at radius 2 is 2.00 bits per heavy atom. The number of alkyl halides is 3. The molecule has 0 saturated carbocycles. The van der Waals surface area contributed by atoms with Crippen LogP contribution < -0.4 is 0 Å². The van der Waals surface area contributed by atoms with Gasteiger partial charge in [0.15, 0.2) is 0 Å². The minimum atomic E-state index is -4.50. The summed E-state index contributed by atoms with van der Waals surface area (Å²) >= 11 is 0. The number of hydrogen-bond acceptors (Lipinski definition) is 3. The summed E-state index contributed by atoms with van der Waals surface area (Å²) in [5.74, 6) is -0.744. The molecule has 1 aliphatic rings. The van der Waals surface area contributed by atoms with Crippen molar-refractivity contribution in [2.75, 3.05) is 19.7 Å². The first kappa shape index (κ1) is 14.8. The van der Waals surface area contributed by atoms with Crippen molar-refractivity contribution in [3.63, 3.8) is 0 Å². The molecule has 0 atom stereocenters. The Labute approximate surface area is 113 Å². The molecule has 1 aromatic carbocycles. The van der Waals surface area contributed by atoms with Gasteiger partial charge in [-0.3, -0.25) is 4.79 Å². The molecular weight excluding hydrogens is 275 g/mol. The highest BCUT2D eigenvalue weighted by Crippen LogP contribution is 2.23. The molecule has 1 aromatic rings. The molecule has 1 aliphatic heterocycles. The Morgan fingerprint density at radius 3 is 2.65 bits per heavy atom. The van der Waals surface area contributed by atoms with E-state index in [2.05, 4.69) is 0 Å². The van der Waals surface area contributed by atoms with Crippen molar-refractivity contribution < 1.29 is 27.8 Å². The third kappa shape index (κ3) is 3.49. The van der Waals surface area contributed by atoms with E-state index < -0.39 is 25.2 Å². The van der Waals surface area contributed by atoms with Gasteiger partial charge in [0.25, 0.3) is 5.91 Å². The average Bonchev–Trinajstić information content (AvgIpc) is 2.83. The summed E-state index contributed by atoms with van der Waals surface area (Å²) in [6.45, 7) is -1.44. The van der Waals surface area contributed by atoms with Crippen LogP contribution in [0.2, 0.25) is 0 Å². The maximum Gasteiger partial charge on any atom is 0.406 e. The third-order valence-corrected chi connectivity index (χ3v) is 3.00. The van der Waals surface area contributed by atoms with Crippen LogP contribution in [0.5, 0.6) is 0 Å². The minimum Gasteiger partial charge on any atom is -0.395 e. The minimum absolute atomic E-state index is 0.173. The fourth-order valence-electron chi connectivity index (χ4n) is 2.08. The van der Waals surface area contributed by atoms with Crippen LogP contribution in [0, 0.1) is 0 Å². The lowest BCUT2D eigenvalue weighted by atomic mass is 10.1. The Balaban J connectivity index is 2.18. The van der Waals surface area contributed by atoms with Crippen molar-refractivity contribution >= 4 is 5.91 Å². The van der Waals surface area contributed by atoms with Crippen LogP contribution in [-0.4, -0.2) is 41.8 Å². The number of ether oxygens (including phenoxy) is 1. The van der Waals surface area contributed by atoms with Gasteiger partial charge < -0.3 is 14.7 Å². The number of carbonyl (C=O) groups is 1. The molecule has 0 fully saturated rings. The molecule has 0 spiro atoms. The first-order chi connectivity index (χ1) is 9.40. The highest BCUT2D eigenvalue weighted by molar-refractivity contribution is 5.94. The van der Waals surface area contributed by atoms with E-state index >= 15 is 0 Å². The summed E-state index contributed by atoms with van der Waals surface area (Å²) in [5, 5.41) is 8.80. The molecule has 4 nitrogen and oxygen atoms in total. The second kappa shape index (κ2) is 5.80. The second-order valence-corrected chi connectivity index (χ2v) is 4.54. The van der Waals surface area contributed by atoms with Crippen LogP contribution in [0.3, 0.4) is 0 Å². The smallest absolute Gasteiger partial charge is 0.395 e. The van der Waals surface area contributed by atoms with E-state index in [-0.39, 0.29) is 12.1 Å². The summed E-state index contributed by atoms with van der Waals surface area (Å²) in [5.41, 5.74) is 1.92. The molecule has 1 heterocycles. The van der Waals surface area contributed by atoms with E-state index in [0.29, 0.717) is 18.1 Å². The van der Waals surface area contributed by atoms with E-state index in [0.717, 1.165) is 11.1 Å². The zero-order valence-corrected chi connectivity index (χ0v) is 10.6. The van der Waals surface area contributed by atoms with Crippen molar-refractivity contribution in [2.45, 2.75) is 19.4 Å². The first-order valence-corrected chi connectivity index (χ1v) is 6.07. The number of hydrogen-bond donors (Lipinski definition) is 1. The van der Waals surface area contributed by atoms with E-state index in [1.54, 1.807) is 12.1 Å². The van der Waals surface area contributed by atoms with Gasteiger partial charge in [0, 0.05) is 12.1 Å². The number of benzene rings is 1.